The average Bonchev–Trinajstić information content (AvgIpc) is 3.04. The van der Waals surface area contributed by atoms with E-state index < -0.39 is 0 Å². The van der Waals surface area contributed by atoms with Crippen molar-refractivity contribution in [1.82, 2.24) is 0 Å². The smallest absolute Gasteiger partial charge is 0.232 e. The number of ether oxygens (including phenoxy) is 3. The Morgan fingerprint density at radius 1 is 0.966 bits per heavy atom. The fourth-order valence-corrected chi connectivity index (χ4v) is 3.33. The Bertz CT molecular complexity index is 1070. The molecule has 0 radical (unpaired) electrons. The molecule has 0 aromatic heterocycles. The number of hydrogen-bond acceptors (Lipinski definition) is 4. The van der Waals surface area contributed by atoms with E-state index in [1.807, 2.05) is 74.5 Å². The highest BCUT2D eigenvalue weighted by Gasteiger charge is 2.30. The predicted octanol–water partition coefficient (Wildman–Crippen LogP) is 5.59. The maximum Gasteiger partial charge on any atom is 0.232 e. The molecule has 29 heavy (non-hydrogen) atoms. The molecule has 0 N–H and O–H groups in total. The van der Waals surface area contributed by atoms with Crippen LogP contribution in [0.5, 0.6) is 17.2 Å². The van der Waals surface area contributed by atoms with Crippen molar-refractivity contribution in [3.8, 4) is 17.2 Å². The van der Waals surface area contributed by atoms with E-state index in [-0.39, 0.29) is 11.5 Å². The number of fused-ring (bicyclic) bond motifs is 1. The molecule has 0 spiro atoms. The van der Waals surface area contributed by atoms with E-state index in [9.17, 15) is 4.79 Å². The molecule has 0 saturated heterocycles. The number of ketones is 1. The standard InChI is InChI=1S/C25H22O4/c1-3-27-21-12-8-7-11-19(21)14-23-25(26)24-17(2)13-20(15-22(24)29-23)28-16-18-9-5-4-6-10-18/h4-15H,3,16H2,1-2H3/b23-14-. The lowest BCUT2D eigenvalue weighted by Gasteiger charge is -2.09. The Balaban J connectivity index is 1.59. The van der Waals surface area contributed by atoms with E-state index in [1.54, 1.807) is 12.1 Å². The predicted molar refractivity (Wildman–Crippen MR) is 112 cm³/mol. The number of rotatable bonds is 6. The first kappa shape index (κ1) is 18.8. The first-order valence-electron chi connectivity index (χ1n) is 9.63. The molecule has 146 valence electrons. The van der Waals surface area contributed by atoms with Crippen molar-refractivity contribution in [1.29, 1.82) is 0 Å². The molecule has 0 fully saturated rings. The number of aryl methyl sites for hydroxylation is 1. The molecule has 0 bridgehead atoms. The third kappa shape index (κ3) is 4.02. The number of hydrogen-bond donors (Lipinski definition) is 0. The minimum absolute atomic E-state index is 0.126. The number of carbonyl (C=O) groups excluding carboxylic acids is 1. The lowest BCUT2D eigenvalue weighted by atomic mass is 10.0. The van der Waals surface area contributed by atoms with Gasteiger partial charge in [-0.2, -0.15) is 0 Å². The SMILES string of the molecule is CCOc1ccccc1/C=C1\Oc2cc(OCc3ccccc3)cc(C)c2C1=O. The highest BCUT2D eigenvalue weighted by atomic mass is 16.5. The second-order valence-corrected chi connectivity index (χ2v) is 6.80. The average molecular weight is 386 g/mol. The number of para-hydroxylation sites is 1. The van der Waals surface area contributed by atoms with Gasteiger partial charge in [-0.3, -0.25) is 4.79 Å². The van der Waals surface area contributed by atoms with Gasteiger partial charge in [0.05, 0.1) is 12.2 Å². The fourth-order valence-electron chi connectivity index (χ4n) is 3.33. The van der Waals surface area contributed by atoms with Gasteiger partial charge < -0.3 is 14.2 Å². The van der Waals surface area contributed by atoms with Crippen LogP contribution in [0.25, 0.3) is 6.08 Å². The van der Waals surface area contributed by atoms with Gasteiger partial charge in [0.15, 0.2) is 5.76 Å². The van der Waals surface area contributed by atoms with Crippen molar-refractivity contribution in [2.75, 3.05) is 6.61 Å². The molecule has 3 aromatic rings. The third-order valence-electron chi connectivity index (χ3n) is 4.70. The van der Waals surface area contributed by atoms with Crippen molar-refractivity contribution in [2.24, 2.45) is 0 Å². The maximum absolute atomic E-state index is 12.9. The number of benzene rings is 3. The molecule has 4 rings (SSSR count). The summed E-state index contributed by atoms with van der Waals surface area (Å²) in [5.74, 6) is 2.08. The Kier molecular flexibility index (Phi) is 5.34. The van der Waals surface area contributed by atoms with Crippen LogP contribution in [-0.2, 0) is 6.61 Å². The topological polar surface area (TPSA) is 44.8 Å². The minimum atomic E-state index is -0.126. The lowest BCUT2D eigenvalue weighted by molar-refractivity contribution is 0.101. The summed E-state index contributed by atoms with van der Waals surface area (Å²) in [5.41, 5.74) is 3.30. The van der Waals surface area contributed by atoms with Crippen molar-refractivity contribution in [3.63, 3.8) is 0 Å². The Hall–Kier alpha value is -3.53. The number of carbonyl (C=O) groups is 1. The van der Waals surface area contributed by atoms with E-state index in [0.717, 1.165) is 22.4 Å². The second-order valence-electron chi connectivity index (χ2n) is 6.80. The van der Waals surface area contributed by atoms with Gasteiger partial charge in [-0.1, -0.05) is 48.5 Å². The van der Waals surface area contributed by atoms with Crippen molar-refractivity contribution in [3.05, 3.63) is 94.7 Å². The fraction of sp³-hybridized carbons (Fsp3) is 0.160. The zero-order valence-electron chi connectivity index (χ0n) is 16.5. The zero-order chi connectivity index (χ0) is 20.2. The van der Waals surface area contributed by atoms with E-state index in [4.69, 9.17) is 14.2 Å². The lowest BCUT2D eigenvalue weighted by Crippen LogP contribution is -2.01. The van der Waals surface area contributed by atoms with Crippen LogP contribution in [-0.4, -0.2) is 12.4 Å². The zero-order valence-corrected chi connectivity index (χ0v) is 16.5. The Morgan fingerprint density at radius 2 is 1.72 bits per heavy atom. The third-order valence-corrected chi connectivity index (χ3v) is 4.70. The molecule has 4 nitrogen and oxygen atoms in total. The number of Topliss-reactive ketones (excluding diaryl/α,β-unsaturated/α-hetero) is 1. The second kappa shape index (κ2) is 8.23. The van der Waals surface area contributed by atoms with Gasteiger partial charge in [-0.15, -0.1) is 0 Å². The number of allylic oxidation sites excluding steroid dienone is 1. The summed E-state index contributed by atoms with van der Waals surface area (Å²) >= 11 is 0. The van der Waals surface area contributed by atoms with E-state index in [1.165, 1.54) is 0 Å². The molecular weight excluding hydrogens is 364 g/mol. The van der Waals surface area contributed by atoms with Gasteiger partial charge in [0, 0.05) is 11.6 Å². The molecule has 3 aromatic carbocycles. The highest BCUT2D eigenvalue weighted by molar-refractivity contribution is 6.15. The summed E-state index contributed by atoms with van der Waals surface area (Å²) < 4.78 is 17.5. The maximum atomic E-state index is 12.9. The van der Waals surface area contributed by atoms with Crippen molar-refractivity contribution >= 4 is 11.9 Å². The molecule has 0 unspecified atom stereocenters. The van der Waals surface area contributed by atoms with Gasteiger partial charge in [0.1, 0.15) is 23.9 Å². The molecule has 0 atom stereocenters. The molecule has 0 amide bonds. The molecule has 4 heteroatoms. The first-order valence-corrected chi connectivity index (χ1v) is 9.63. The van der Waals surface area contributed by atoms with Gasteiger partial charge >= 0.3 is 0 Å². The minimum Gasteiger partial charge on any atom is -0.493 e. The van der Waals surface area contributed by atoms with Crippen LogP contribution in [0.1, 0.15) is 34.0 Å². The Morgan fingerprint density at radius 3 is 2.52 bits per heavy atom. The molecule has 1 aliphatic rings. The largest absolute Gasteiger partial charge is 0.493 e. The molecule has 1 heterocycles. The van der Waals surface area contributed by atoms with Gasteiger partial charge in [-0.05, 0) is 43.2 Å². The van der Waals surface area contributed by atoms with Gasteiger partial charge in [0.2, 0.25) is 5.78 Å². The van der Waals surface area contributed by atoms with E-state index >= 15 is 0 Å². The summed E-state index contributed by atoms with van der Waals surface area (Å²) in [5, 5.41) is 0. The van der Waals surface area contributed by atoms with E-state index in [2.05, 4.69) is 0 Å². The molecule has 0 saturated carbocycles. The summed E-state index contributed by atoms with van der Waals surface area (Å²) in [7, 11) is 0. The monoisotopic (exact) mass is 386 g/mol. The van der Waals surface area contributed by atoms with Crippen LogP contribution in [0.2, 0.25) is 0 Å². The molecule has 1 aliphatic heterocycles. The first-order chi connectivity index (χ1) is 14.2. The van der Waals surface area contributed by atoms with Crippen LogP contribution in [0.15, 0.2) is 72.5 Å². The summed E-state index contributed by atoms with van der Waals surface area (Å²) in [4.78, 5) is 12.9. The van der Waals surface area contributed by atoms with Gasteiger partial charge in [0.25, 0.3) is 0 Å². The normalized spacial score (nSPS) is 13.9. The molecule has 0 aliphatic carbocycles. The molecular formula is C25H22O4. The van der Waals surface area contributed by atoms with Crippen molar-refractivity contribution < 1.29 is 19.0 Å². The summed E-state index contributed by atoms with van der Waals surface area (Å²) in [6, 6.07) is 21.2. The van der Waals surface area contributed by atoms with Crippen LogP contribution in [0.4, 0.5) is 0 Å². The van der Waals surface area contributed by atoms with Crippen LogP contribution >= 0.6 is 0 Å². The Labute approximate surface area is 170 Å². The van der Waals surface area contributed by atoms with Crippen LogP contribution < -0.4 is 14.2 Å². The van der Waals surface area contributed by atoms with Crippen LogP contribution in [0, 0.1) is 6.92 Å². The van der Waals surface area contributed by atoms with E-state index in [0.29, 0.717) is 30.3 Å². The van der Waals surface area contributed by atoms with Crippen LogP contribution in [0.3, 0.4) is 0 Å². The summed E-state index contributed by atoms with van der Waals surface area (Å²) in [6.45, 7) is 4.83. The summed E-state index contributed by atoms with van der Waals surface area (Å²) in [6.07, 6.45) is 1.73. The highest BCUT2D eigenvalue weighted by Crippen LogP contribution is 2.38. The van der Waals surface area contributed by atoms with Crippen molar-refractivity contribution in [2.45, 2.75) is 20.5 Å². The quantitative estimate of drug-likeness (QED) is 0.518. The van der Waals surface area contributed by atoms with Gasteiger partial charge in [-0.25, -0.2) is 0 Å².